The van der Waals surface area contributed by atoms with Crippen LogP contribution < -0.4 is 14.8 Å². The Morgan fingerprint density at radius 3 is 2.67 bits per heavy atom. The van der Waals surface area contributed by atoms with E-state index in [1.807, 2.05) is 38.1 Å². The number of amides is 2. The second-order valence-electron chi connectivity index (χ2n) is 9.23. The van der Waals surface area contributed by atoms with Crippen molar-refractivity contribution in [3.05, 3.63) is 82.9 Å². The van der Waals surface area contributed by atoms with Gasteiger partial charge in [-0.05, 0) is 66.9 Å². The van der Waals surface area contributed by atoms with E-state index in [0.29, 0.717) is 22.4 Å². The normalized spacial score (nSPS) is 17.7. The van der Waals surface area contributed by atoms with E-state index in [9.17, 15) is 22.8 Å². The first kappa shape index (κ1) is 26.6. The Morgan fingerprint density at radius 1 is 1.08 bits per heavy atom. The summed E-state index contributed by atoms with van der Waals surface area (Å²) in [6.07, 6.45) is -4.77. The standard InChI is InChI=1S/C28H24F3N3O4S/c1-16-6-7-17(2)21(10-16)33-27-34(14-18-8-9-22-23(11-18)38-15-37-22)26(36)24(39-27)13-25(35)32-20-5-3-4-19(12-20)28(29,30)31/h3-12,24H,13-15H2,1-2H3,(H,32,35)/t24-/m0/s1. The zero-order valence-electron chi connectivity index (χ0n) is 21.0. The number of hydrogen-bond acceptors (Lipinski definition) is 6. The zero-order valence-corrected chi connectivity index (χ0v) is 21.9. The van der Waals surface area contributed by atoms with E-state index in [1.54, 1.807) is 12.1 Å². The van der Waals surface area contributed by atoms with E-state index in [-0.39, 0.29) is 31.4 Å². The molecule has 11 heteroatoms. The van der Waals surface area contributed by atoms with E-state index in [0.717, 1.165) is 40.6 Å². The van der Waals surface area contributed by atoms with Crippen molar-refractivity contribution < 1.29 is 32.2 Å². The van der Waals surface area contributed by atoms with Crippen LogP contribution in [0, 0.1) is 13.8 Å². The average molecular weight is 556 g/mol. The van der Waals surface area contributed by atoms with Gasteiger partial charge in [0, 0.05) is 12.1 Å². The molecule has 0 aliphatic carbocycles. The molecule has 39 heavy (non-hydrogen) atoms. The Balaban J connectivity index is 1.38. The van der Waals surface area contributed by atoms with E-state index in [1.165, 1.54) is 17.0 Å². The van der Waals surface area contributed by atoms with Crippen LogP contribution in [0.1, 0.15) is 28.7 Å². The number of aryl methyl sites for hydroxylation is 2. The van der Waals surface area contributed by atoms with Crippen molar-refractivity contribution in [3.8, 4) is 11.5 Å². The third-order valence-electron chi connectivity index (χ3n) is 6.22. The first-order valence-corrected chi connectivity index (χ1v) is 12.9. The highest BCUT2D eigenvalue weighted by Gasteiger charge is 2.39. The summed E-state index contributed by atoms with van der Waals surface area (Å²) in [5.74, 6) is 0.309. The summed E-state index contributed by atoms with van der Waals surface area (Å²) in [7, 11) is 0. The molecule has 2 aliphatic rings. The predicted octanol–water partition coefficient (Wildman–Crippen LogP) is 6.21. The van der Waals surface area contributed by atoms with Crippen molar-refractivity contribution in [2.45, 2.75) is 38.2 Å². The average Bonchev–Trinajstić information content (AvgIpc) is 3.46. The molecule has 0 radical (unpaired) electrons. The third kappa shape index (κ3) is 6.03. The first-order chi connectivity index (χ1) is 18.6. The molecule has 3 aromatic carbocycles. The Kier molecular flexibility index (Phi) is 7.26. The molecule has 2 heterocycles. The van der Waals surface area contributed by atoms with Crippen LogP contribution in [0.2, 0.25) is 0 Å². The summed E-state index contributed by atoms with van der Waals surface area (Å²) in [6.45, 7) is 4.18. The Morgan fingerprint density at radius 2 is 1.87 bits per heavy atom. The van der Waals surface area contributed by atoms with Gasteiger partial charge >= 0.3 is 6.18 Å². The van der Waals surface area contributed by atoms with Crippen LogP contribution in [0.5, 0.6) is 11.5 Å². The number of carbonyl (C=O) groups is 2. The molecule has 0 spiro atoms. The van der Waals surface area contributed by atoms with Gasteiger partial charge in [0.25, 0.3) is 0 Å². The first-order valence-electron chi connectivity index (χ1n) is 12.1. The fraction of sp³-hybridized carbons (Fsp3) is 0.250. The van der Waals surface area contributed by atoms with Gasteiger partial charge in [-0.15, -0.1) is 0 Å². The van der Waals surface area contributed by atoms with E-state index in [2.05, 4.69) is 5.32 Å². The minimum absolute atomic E-state index is 0.00626. The summed E-state index contributed by atoms with van der Waals surface area (Å²) in [5.41, 5.74) is 2.56. The highest BCUT2D eigenvalue weighted by Crippen LogP contribution is 2.37. The summed E-state index contributed by atoms with van der Waals surface area (Å²) in [6, 6.07) is 15.6. The summed E-state index contributed by atoms with van der Waals surface area (Å²) < 4.78 is 50.0. The van der Waals surface area contributed by atoms with E-state index >= 15 is 0 Å². The molecule has 0 aromatic heterocycles. The predicted molar refractivity (Wildman–Crippen MR) is 142 cm³/mol. The van der Waals surface area contributed by atoms with E-state index in [4.69, 9.17) is 14.5 Å². The number of hydrogen-bond donors (Lipinski definition) is 1. The van der Waals surface area contributed by atoms with Crippen LogP contribution in [0.15, 0.2) is 65.7 Å². The van der Waals surface area contributed by atoms with Crippen LogP contribution >= 0.6 is 11.8 Å². The Hall–Kier alpha value is -3.99. The molecule has 0 saturated carbocycles. The van der Waals surface area contributed by atoms with Gasteiger partial charge in [0.1, 0.15) is 5.25 Å². The molecule has 1 fully saturated rings. The van der Waals surface area contributed by atoms with Crippen molar-refractivity contribution in [1.29, 1.82) is 0 Å². The van der Waals surface area contributed by atoms with Gasteiger partial charge in [-0.2, -0.15) is 13.2 Å². The number of thioether (sulfide) groups is 1. The van der Waals surface area contributed by atoms with Crippen LogP contribution in [-0.2, 0) is 22.3 Å². The molecular weight excluding hydrogens is 531 g/mol. The highest BCUT2D eigenvalue weighted by atomic mass is 32.2. The van der Waals surface area contributed by atoms with Gasteiger partial charge in [0.2, 0.25) is 18.6 Å². The lowest BCUT2D eigenvalue weighted by Gasteiger charge is -2.17. The number of fused-ring (bicyclic) bond motifs is 1. The second-order valence-corrected chi connectivity index (χ2v) is 10.4. The van der Waals surface area contributed by atoms with Crippen molar-refractivity contribution in [3.63, 3.8) is 0 Å². The number of halogens is 3. The number of alkyl halides is 3. The number of ether oxygens (including phenoxy) is 2. The van der Waals surface area contributed by atoms with Gasteiger partial charge in [-0.25, -0.2) is 4.99 Å². The molecule has 0 bridgehead atoms. The van der Waals surface area contributed by atoms with Crippen molar-refractivity contribution in [1.82, 2.24) is 4.90 Å². The zero-order chi connectivity index (χ0) is 27.7. The maximum Gasteiger partial charge on any atom is 0.416 e. The number of anilines is 1. The van der Waals surface area contributed by atoms with Gasteiger partial charge in [-0.1, -0.05) is 36.0 Å². The maximum absolute atomic E-state index is 13.5. The molecule has 202 valence electrons. The molecule has 1 N–H and O–H groups in total. The lowest BCUT2D eigenvalue weighted by Crippen LogP contribution is -2.33. The Labute approximate surface area is 227 Å². The summed E-state index contributed by atoms with van der Waals surface area (Å²) >= 11 is 1.16. The quantitative estimate of drug-likeness (QED) is 0.391. The Bertz CT molecular complexity index is 1470. The second kappa shape index (κ2) is 10.6. The molecule has 1 saturated heterocycles. The lowest BCUT2D eigenvalue weighted by atomic mass is 10.1. The van der Waals surface area contributed by atoms with E-state index < -0.39 is 22.9 Å². The molecule has 2 aliphatic heterocycles. The van der Waals surface area contributed by atoms with Crippen LogP contribution in [0.25, 0.3) is 0 Å². The number of aliphatic imine (C=N–C) groups is 1. The molecule has 1 atom stereocenters. The number of benzene rings is 3. The molecule has 7 nitrogen and oxygen atoms in total. The minimum Gasteiger partial charge on any atom is -0.454 e. The molecule has 3 aromatic rings. The monoisotopic (exact) mass is 555 g/mol. The lowest BCUT2D eigenvalue weighted by molar-refractivity contribution is -0.137. The summed E-state index contributed by atoms with van der Waals surface area (Å²) in [4.78, 5) is 32.6. The molecular formula is C28H24F3N3O4S. The van der Waals surface area contributed by atoms with Crippen LogP contribution in [-0.4, -0.2) is 33.9 Å². The maximum atomic E-state index is 13.5. The highest BCUT2D eigenvalue weighted by molar-refractivity contribution is 8.15. The topological polar surface area (TPSA) is 80.2 Å². The van der Waals surface area contributed by atoms with Crippen molar-refractivity contribution >= 4 is 40.1 Å². The molecule has 5 rings (SSSR count). The number of nitrogens with zero attached hydrogens (tertiary/aromatic N) is 2. The smallest absolute Gasteiger partial charge is 0.416 e. The van der Waals surface area contributed by atoms with Crippen LogP contribution in [0.4, 0.5) is 24.5 Å². The fourth-order valence-electron chi connectivity index (χ4n) is 4.19. The van der Waals surface area contributed by atoms with Gasteiger partial charge in [0.05, 0.1) is 17.8 Å². The fourth-order valence-corrected chi connectivity index (χ4v) is 5.34. The van der Waals surface area contributed by atoms with Crippen molar-refractivity contribution in [2.75, 3.05) is 12.1 Å². The SMILES string of the molecule is Cc1ccc(C)c(N=C2S[C@@H](CC(=O)Nc3cccc(C(F)(F)F)c3)C(=O)N2Cc2ccc3c(c2)OCO3)c1. The number of nitrogens with one attached hydrogen (secondary N) is 1. The largest absolute Gasteiger partial charge is 0.454 e. The molecule has 2 amide bonds. The molecule has 0 unspecified atom stereocenters. The van der Waals surface area contributed by atoms with Crippen molar-refractivity contribution in [2.24, 2.45) is 4.99 Å². The van der Waals surface area contributed by atoms with Gasteiger partial charge < -0.3 is 14.8 Å². The number of carbonyl (C=O) groups excluding carboxylic acids is 2. The van der Waals surface area contributed by atoms with Gasteiger partial charge in [-0.3, -0.25) is 14.5 Å². The minimum atomic E-state index is -4.54. The third-order valence-corrected chi connectivity index (χ3v) is 7.40. The van der Waals surface area contributed by atoms with Crippen LogP contribution in [0.3, 0.4) is 0 Å². The van der Waals surface area contributed by atoms with Gasteiger partial charge in [0.15, 0.2) is 16.7 Å². The summed E-state index contributed by atoms with van der Waals surface area (Å²) in [5, 5.41) is 2.12. The number of rotatable bonds is 6. The number of amidine groups is 1.